The summed E-state index contributed by atoms with van der Waals surface area (Å²) < 4.78 is 5.91. The van der Waals surface area contributed by atoms with Crippen molar-refractivity contribution >= 4 is 17.0 Å². The van der Waals surface area contributed by atoms with Crippen LogP contribution in [0.4, 0.5) is 5.69 Å². The first-order chi connectivity index (χ1) is 10.6. The minimum Gasteiger partial charge on any atom is -0.376 e. The van der Waals surface area contributed by atoms with Crippen LogP contribution in [-0.4, -0.2) is 48.7 Å². The zero-order valence-corrected chi connectivity index (χ0v) is 14.1. The maximum Gasteiger partial charge on any atom is 0.112 e. The normalized spacial score (nSPS) is 19.3. The van der Waals surface area contributed by atoms with E-state index in [-0.39, 0.29) is 6.10 Å². The Bertz CT molecular complexity index is 611. The predicted octanol–water partition coefficient (Wildman–Crippen LogP) is 2.49. The van der Waals surface area contributed by atoms with Gasteiger partial charge < -0.3 is 9.64 Å². The van der Waals surface area contributed by atoms with Gasteiger partial charge in [-0.1, -0.05) is 0 Å². The Morgan fingerprint density at radius 2 is 2.23 bits per heavy atom. The van der Waals surface area contributed by atoms with Gasteiger partial charge in [-0.25, -0.2) is 4.98 Å². The van der Waals surface area contributed by atoms with Gasteiger partial charge in [-0.05, 0) is 19.1 Å². The average molecular weight is 318 g/mol. The molecule has 1 aliphatic rings. The van der Waals surface area contributed by atoms with Gasteiger partial charge in [0.05, 0.1) is 35.4 Å². The second-order valence-electron chi connectivity index (χ2n) is 5.79. The van der Waals surface area contributed by atoms with Crippen molar-refractivity contribution in [2.24, 2.45) is 0 Å². The monoisotopic (exact) mass is 318 g/mol. The Labute approximate surface area is 135 Å². The number of rotatable bonds is 4. The van der Waals surface area contributed by atoms with Crippen LogP contribution in [0.2, 0.25) is 0 Å². The lowest BCUT2D eigenvalue weighted by atomic mass is 10.1. The van der Waals surface area contributed by atoms with Crippen molar-refractivity contribution in [3.05, 3.63) is 40.1 Å². The molecule has 1 atom stereocenters. The Hall–Kier alpha value is -1.50. The molecule has 6 heteroatoms. The summed E-state index contributed by atoms with van der Waals surface area (Å²) in [5, 5.41) is 0. The molecule has 0 unspecified atom stereocenters. The molecule has 1 fully saturated rings. The van der Waals surface area contributed by atoms with Gasteiger partial charge in [-0.2, -0.15) is 0 Å². The van der Waals surface area contributed by atoms with Crippen LogP contribution in [0.25, 0.3) is 0 Å². The molecule has 3 rings (SSSR count). The van der Waals surface area contributed by atoms with Crippen LogP contribution < -0.4 is 4.90 Å². The number of ether oxygens (including phenoxy) is 1. The standard InChI is InChI=1S/C16H22N4OS/c1-12-16(22-11-18-12)10-20-6-7-21-15(9-20)14-5-4-13(8-17-14)19(2)3/h4-5,8,11,15H,6-7,9-10H2,1-3H3/t15-/m1/s1. The SMILES string of the molecule is Cc1ncsc1CN1CCO[C@@H](c2ccc(N(C)C)cn2)C1. The minimum absolute atomic E-state index is 0.0539. The molecule has 0 saturated carbocycles. The van der Waals surface area contributed by atoms with Crippen LogP contribution in [0.1, 0.15) is 22.4 Å². The second-order valence-corrected chi connectivity index (χ2v) is 6.73. The molecular weight excluding hydrogens is 296 g/mol. The molecule has 1 saturated heterocycles. The molecule has 0 N–H and O–H groups in total. The number of aromatic nitrogens is 2. The summed E-state index contributed by atoms with van der Waals surface area (Å²) in [7, 11) is 4.04. The van der Waals surface area contributed by atoms with Crippen LogP contribution in [0.3, 0.4) is 0 Å². The molecule has 0 aromatic carbocycles. The van der Waals surface area contributed by atoms with Crippen LogP contribution in [0, 0.1) is 6.92 Å². The van der Waals surface area contributed by atoms with Crippen molar-refractivity contribution in [3.63, 3.8) is 0 Å². The molecule has 0 aliphatic carbocycles. The van der Waals surface area contributed by atoms with E-state index in [1.807, 2.05) is 25.8 Å². The Morgan fingerprint density at radius 1 is 1.36 bits per heavy atom. The summed E-state index contributed by atoms with van der Waals surface area (Å²) in [5.41, 5.74) is 5.18. The predicted molar refractivity (Wildman–Crippen MR) is 89.4 cm³/mol. The highest BCUT2D eigenvalue weighted by atomic mass is 32.1. The molecule has 22 heavy (non-hydrogen) atoms. The fraction of sp³-hybridized carbons (Fsp3) is 0.500. The van der Waals surface area contributed by atoms with Gasteiger partial charge in [-0.3, -0.25) is 9.88 Å². The lowest BCUT2D eigenvalue weighted by Gasteiger charge is -2.32. The molecule has 0 amide bonds. The third-order valence-electron chi connectivity index (χ3n) is 3.98. The largest absolute Gasteiger partial charge is 0.376 e. The molecule has 118 valence electrons. The maximum absolute atomic E-state index is 5.91. The molecule has 2 aromatic rings. The van der Waals surface area contributed by atoms with E-state index in [2.05, 4.69) is 38.8 Å². The molecule has 3 heterocycles. The first-order valence-corrected chi connectivity index (χ1v) is 8.37. The van der Waals surface area contributed by atoms with Crippen molar-refractivity contribution in [1.29, 1.82) is 0 Å². The molecule has 0 bridgehead atoms. The van der Waals surface area contributed by atoms with Crippen molar-refractivity contribution in [2.45, 2.75) is 19.6 Å². The first kappa shape index (κ1) is 15.4. The number of hydrogen-bond donors (Lipinski definition) is 0. The zero-order valence-electron chi connectivity index (χ0n) is 13.3. The van der Waals surface area contributed by atoms with Gasteiger partial charge in [0.2, 0.25) is 0 Å². The van der Waals surface area contributed by atoms with E-state index in [9.17, 15) is 0 Å². The summed E-state index contributed by atoms with van der Waals surface area (Å²) in [6.07, 6.45) is 1.96. The number of hydrogen-bond acceptors (Lipinski definition) is 6. The highest BCUT2D eigenvalue weighted by Crippen LogP contribution is 2.24. The summed E-state index contributed by atoms with van der Waals surface area (Å²) >= 11 is 1.73. The van der Waals surface area contributed by atoms with Gasteiger partial charge in [0.15, 0.2) is 0 Å². The summed E-state index contributed by atoms with van der Waals surface area (Å²) in [5.74, 6) is 0. The maximum atomic E-state index is 5.91. The molecular formula is C16H22N4OS. The van der Waals surface area contributed by atoms with Crippen LogP contribution in [0.15, 0.2) is 23.8 Å². The van der Waals surface area contributed by atoms with E-state index in [0.717, 1.165) is 43.3 Å². The smallest absolute Gasteiger partial charge is 0.112 e. The van der Waals surface area contributed by atoms with Gasteiger partial charge in [0, 0.05) is 38.6 Å². The second kappa shape index (κ2) is 6.73. The fourth-order valence-corrected chi connectivity index (χ4v) is 3.38. The van der Waals surface area contributed by atoms with E-state index in [4.69, 9.17) is 4.74 Å². The molecule has 0 radical (unpaired) electrons. The van der Waals surface area contributed by atoms with E-state index in [1.54, 1.807) is 11.3 Å². The lowest BCUT2D eigenvalue weighted by Crippen LogP contribution is -2.38. The Morgan fingerprint density at radius 3 is 2.86 bits per heavy atom. The number of anilines is 1. The average Bonchev–Trinajstić information content (AvgIpc) is 2.93. The van der Waals surface area contributed by atoms with Gasteiger partial charge >= 0.3 is 0 Å². The van der Waals surface area contributed by atoms with Crippen molar-refractivity contribution < 1.29 is 4.74 Å². The highest BCUT2D eigenvalue weighted by Gasteiger charge is 2.23. The number of thiazole rings is 1. The molecule has 2 aromatic heterocycles. The molecule has 0 spiro atoms. The summed E-state index contributed by atoms with van der Waals surface area (Å²) in [6, 6.07) is 4.17. The number of aryl methyl sites for hydroxylation is 1. The Kier molecular flexibility index (Phi) is 4.71. The van der Waals surface area contributed by atoms with E-state index in [0.29, 0.717) is 0 Å². The zero-order chi connectivity index (χ0) is 15.5. The van der Waals surface area contributed by atoms with Crippen LogP contribution in [-0.2, 0) is 11.3 Å². The van der Waals surface area contributed by atoms with Gasteiger partial charge in [-0.15, -0.1) is 11.3 Å². The van der Waals surface area contributed by atoms with Gasteiger partial charge in [0.1, 0.15) is 6.10 Å². The van der Waals surface area contributed by atoms with E-state index >= 15 is 0 Å². The van der Waals surface area contributed by atoms with Gasteiger partial charge in [0.25, 0.3) is 0 Å². The topological polar surface area (TPSA) is 41.5 Å². The highest BCUT2D eigenvalue weighted by molar-refractivity contribution is 7.09. The third-order valence-corrected chi connectivity index (χ3v) is 4.90. The van der Waals surface area contributed by atoms with Crippen molar-refractivity contribution in [1.82, 2.24) is 14.9 Å². The summed E-state index contributed by atoms with van der Waals surface area (Å²) in [4.78, 5) is 14.7. The first-order valence-electron chi connectivity index (χ1n) is 7.49. The quantitative estimate of drug-likeness (QED) is 0.866. The molecule has 5 nitrogen and oxygen atoms in total. The number of nitrogens with zero attached hydrogens (tertiary/aromatic N) is 4. The number of pyridine rings is 1. The fourth-order valence-electron chi connectivity index (χ4n) is 2.56. The van der Waals surface area contributed by atoms with Crippen molar-refractivity contribution in [2.75, 3.05) is 38.7 Å². The van der Waals surface area contributed by atoms with Crippen molar-refractivity contribution in [3.8, 4) is 0 Å². The summed E-state index contributed by atoms with van der Waals surface area (Å²) in [6.45, 7) is 5.62. The third kappa shape index (κ3) is 3.45. The van der Waals surface area contributed by atoms with Crippen LogP contribution in [0.5, 0.6) is 0 Å². The van der Waals surface area contributed by atoms with E-state index < -0.39 is 0 Å². The van der Waals surface area contributed by atoms with Crippen LogP contribution >= 0.6 is 11.3 Å². The lowest BCUT2D eigenvalue weighted by molar-refractivity contribution is -0.0347. The Balaban J connectivity index is 1.66. The van der Waals surface area contributed by atoms with E-state index in [1.165, 1.54) is 4.88 Å². The minimum atomic E-state index is 0.0539. The molecule has 1 aliphatic heterocycles. The number of morpholine rings is 1.